The predicted molar refractivity (Wildman–Crippen MR) is 63.5 cm³/mol. The van der Waals surface area contributed by atoms with Crippen molar-refractivity contribution in [2.24, 2.45) is 5.41 Å². The molecule has 1 saturated carbocycles. The van der Waals surface area contributed by atoms with Crippen LogP contribution < -0.4 is 10.6 Å². The van der Waals surface area contributed by atoms with Crippen molar-refractivity contribution in [3.05, 3.63) is 24.0 Å². The average Bonchev–Trinajstić information content (AvgIpc) is 3.05. The minimum absolute atomic E-state index is 0.0279. The summed E-state index contributed by atoms with van der Waals surface area (Å²) in [4.78, 5) is 15.9. The van der Waals surface area contributed by atoms with Crippen molar-refractivity contribution in [2.45, 2.75) is 19.8 Å². The van der Waals surface area contributed by atoms with Crippen LogP contribution in [0.1, 0.15) is 30.1 Å². The van der Waals surface area contributed by atoms with Crippen LogP contribution in [-0.2, 0) is 0 Å². The van der Waals surface area contributed by atoms with Gasteiger partial charge >= 0.3 is 0 Å². The van der Waals surface area contributed by atoms with Gasteiger partial charge in [-0.1, -0.05) is 6.92 Å². The Bertz CT molecular complexity index is 399. The predicted octanol–water partition coefficient (Wildman–Crippen LogP) is 1.65. The van der Waals surface area contributed by atoms with Gasteiger partial charge in [-0.2, -0.15) is 0 Å². The molecule has 0 atom stereocenters. The molecule has 0 bridgehead atoms. The van der Waals surface area contributed by atoms with E-state index in [4.69, 9.17) is 0 Å². The van der Waals surface area contributed by atoms with E-state index in [-0.39, 0.29) is 5.91 Å². The van der Waals surface area contributed by atoms with Crippen LogP contribution in [0.5, 0.6) is 0 Å². The van der Waals surface area contributed by atoms with Gasteiger partial charge in [0.1, 0.15) is 0 Å². The van der Waals surface area contributed by atoms with Gasteiger partial charge in [0.15, 0.2) is 0 Å². The molecule has 1 aliphatic carbocycles. The van der Waals surface area contributed by atoms with Gasteiger partial charge in [0.25, 0.3) is 5.91 Å². The monoisotopic (exact) mass is 219 g/mol. The van der Waals surface area contributed by atoms with Crippen molar-refractivity contribution in [1.82, 2.24) is 10.3 Å². The zero-order chi connectivity index (χ0) is 11.6. The highest BCUT2D eigenvalue weighted by Gasteiger charge is 2.37. The molecule has 4 heteroatoms. The van der Waals surface area contributed by atoms with Crippen molar-refractivity contribution >= 4 is 11.6 Å². The highest BCUT2D eigenvalue weighted by Crippen LogP contribution is 2.44. The first-order chi connectivity index (χ1) is 7.64. The highest BCUT2D eigenvalue weighted by molar-refractivity contribution is 5.99. The molecule has 2 N–H and O–H groups in total. The maximum absolute atomic E-state index is 11.9. The van der Waals surface area contributed by atoms with Crippen LogP contribution in [-0.4, -0.2) is 24.5 Å². The van der Waals surface area contributed by atoms with Gasteiger partial charge in [0, 0.05) is 19.8 Å². The van der Waals surface area contributed by atoms with E-state index in [1.165, 1.54) is 12.8 Å². The fourth-order valence-electron chi connectivity index (χ4n) is 1.57. The number of nitrogens with zero attached hydrogens (tertiary/aromatic N) is 1. The molecule has 0 aromatic carbocycles. The highest BCUT2D eigenvalue weighted by atomic mass is 16.1. The number of rotatable bonds is 4. The van der Waals surface area contributed by atoms with E-state index in [2.05, 4.69) is 22.5 Å². The van der Waals surface area contributed by atoms with Gasteiger partial charge in [0.2, 0.25) is 0 Å². The summed E-state index contributed by atoms with van der Waals surface area (Å²) >= 11 is 0. The minimum atomic E-state index is -0.0279. The summed E-state index contributed by atoms with van der Waals surface area (Å²) in [6.45, 7) is 2.95. The van der Waals surface area contributed by atoms with Crippen molar-refractivity contribution in [3.8, 4) is 0 Å². The molecule has 0 unspecified atom stereocenters. The third kappa shape index (κ3) is 2.32. The van der Waals surface area contributed by atoms with Crippen molar-refractivity contribution in [2.75, 3.05) is 18.9 Å². The molecule has 2 rings (SSSR count). The standard InChI is InChI=1S/C12H17N3O/c1-12(4-5-12)8-15-11(16)9-3-6-14-7-10(9)13-2/h3,6-7,13H,4-5,8H2,1-2H3,(H,15,16). The SMILES string of the molecule is CNc1cnccc1C(=O)NCC1(C)CC1. The molecule has 0 radical (unpaired) electrons. The van der Waals surface area contributed by atoms with E-state index in [1.807, 2.05) is 0 Å². The summed E-state index contributed by atoms with van der Waals surface area (Å²) in [5.74, 6) is -0.0279. The van der Waals surface area contributed by atoms with Crippen molar-refractivity contribution < 1.29 is 4.79 Å². The Kier molecular flexibility index (Phi) is 2.81. The zero-order valence-corrected chi connectivity index (χ0v) is 9.71. The third-order valence-corrected chi connectivity index (χ3v) is 3.11. The lowest BCUT2D eigenvalue weighted by atomic mass is 10.1. The molecule has 1 fully saturated rings. The summed E-state index contributed by atoms with van der Waals surface area (Å²) < 4.78 is 0. The van der Waals surface area contributed by atoms with Gasteiger partial charge in [-0.05, 0) is 24.3 Å². The van der Waals surface area contributed by atoms with E-state index in [1.54, 1.807) is 25.5 Å². The molecule has 4 nitrogen and oxygen atoms in total. The van der Waals surface area contributed by atoms with E-state index < -0.39 is 0 Å². The molecule has 0 aliphatic heterocycles. The minimum Gasteiger partial charge on any atom is -0.386 e. The van der Waals surface area contributed by atoms with Crippen LogP contribution in [0.4, 0.5) is 5.69 Å². The topological polar surface area (TPSA) is 54.0 Å². The number of aromatic nitrogens is 1. The van der Waals surface area contributed by atoms with Crippen LogP contribution >= 0.6 is 0 Å². The van der Waals surface area contributed by atoms with Crippen LogP contribution in [0.25, 0.3) is 0 Å². The summed E-state index contributed by atoms with van der Waals surface area (Å²) in [6.07, 6.45) is 5.72. The number of carbonyl (C=O) groups is 1. The fourth-order valence-corrected chi connectivity index (χ4v) is 1.57. The number of carbonyl (C=O) groups excluding carboxylic acids is 1. The summed E-state index contributed by atoms with van der Waals surface area (Å²) in [7, 11) is 1.79. The Morgan fingerprint density at radius 3 is 2.94 bits per heavy atom. The Labute approximate surface area is 95.5 Å². The van der Waals surface area contributed by atoms with Gasteiger partial charge in [-0.15, -0.1) is 0 Å². The number of hydrogen-bond acceptors (Lipinski definition) is 3. The van der Waals surface area contributed by atoms with E-state index >= 15 is 0 Å². The van der Waals surface area contributed by atoms with Crippen LogP contribution in [0.2, 0.25) is 0 Å². The summed E-state index contributed by atoms with van der Waals surface area (Å²) in [5.41, 5.74) is 1.75. The Morgan fingerprint density at radius 1 is 1.56 bits per heavy atom. The number of anilines is 1. The van der Waals surface area contributed by atoms with Gasteiger partial charge < -0.3 is 10.6 Å². The van der Waals surface area contributed by atoms with Crippen molar-refractivity contribution in [3.63, 3.8) is 0 Å². The number of amides is 1. The Balaban J connectivity index is 2.02. The quantitative estimate of drug-likeness (QED) is 0.809. The average molecular weight is 219 g/mol. The first-order valence-electron chi connectivity index (χ1n) is 5.55. The van der Waals surface area contributed by atoms with Gasteiger partial charge in [0.05, 0.1) is 17.4 Å². The fraction of sp³-hybridized carbons (Fsp3) is 0.500. The molecule has 1 heterocycles. The number of nitrogens with one attached hydrogen (secondary N) is 2. The normalized spacial score (nSPS) is 16.6. The lowest BCUT2D eigenvalue weighted by Crippen LogP contribution is -2.29. The molecule has 0 spiro atoms. The zero-order valence-electron chi connectivity index (χ0n) is 9.71. The van der Waals surface area contributed by atoms with Crippen molar-refractivity contribution in [1.29, 1.82) is 0 Å². The third-order valence-electron chi connectivity index (χ3n) is 3.11. The maximum atomic E-state index is 11.9. The number of pyridine rings is 1. The smallest absolute Gasteiger partial charge is 0.253 e. The molecular weight excluding hydrogens is 202 g/mol. The van der Waals surface area contributed by atoms with Crippen LogP contribution in [0.15, 0.2) is 18.5 Å². The largest absolute Gasteiger partial charge is 0.386 e. The molecule has 0 saturated heterocycles. The number of hydrogen-bond donors (Lipinski definition) is 2. The lowest BCUT2D eigenvalue weighted by molar-refractivity contribution is 0.0947. The van der Waals surface area contributed by atoms with E-state index in [0.717, 1.165) is 12.2 Å². The Morgan fingerprint density at radius 2 is 2.31 bits per heavy atom. The molecule has 1 aromatic heterocycles. The molecule has 1 aliphatic rings. The Hall–Kier alpha value is -1.58. The second-order valence-corrected chi connectivity index (χ2v) is 4.66. The van der Waals surface area contributed by atoms with Crippen LogP contribution in [0.3, 0.4) is 0 Å². The van der Waals surface area contributed by atoms with E-state index in [0.29, 0.717) is 11.0 Å². The summed E-state index contributed by atoms with van der Waals surface area (Å²) in [5, 5.41) is 5.94. The lowest BCUT2D eigenvalue weighted by Gasteiger charge is -2.12. The molecule has 1 aromatic rings. The van der Waals surface area contributed by atoms with E-state index in [9.17, 15) is 4.79 Å². The summed E-state index contributed by atoms with van der Waals surface area (Å²) in [6, 6.07) is 1.73. The van der Waals surface area contributed by atoms with Gasteiger partial charge in [-0.3, -0.25) is 9.78 Å². The molecule has 86 valence electrons. The maximum Gasteiger partial charge on any atom is 0.253 e. The van der Waals surface area contributed by atoms with Crippen LogP contribution in [0, 0.1) is 5.41 Å². The molecule has 1 amide bonds. The first kappa shape index (κ1) is 10.9. The molecular formula is C12H17N3O. The van der Waals surface area contributed by atoms with Gasteiger partial charge in [-0.25, -0.2) is 0 Å². The second-order valence-electron chi connectivity index (χ2n) is 4.66. The first-order valence-corrected chi connectivity index (χ1v) is 5.55. The molecule has 16 heavy (non-hydrogen) atoms. The second kappa shape index (κ2) is 4.12.